The number of aromatic nitrogens is 2. The van der Waals surface area contributed by atoms with Crippen LogP contribution in [0.2, 0.25) is 0 Å². The molecule has 0 radical (unpaired) electrons. The van der Waals surface area contributed by atoms with Gasteiger partial charge in [-0.3, -0.25) is 9.69 Å². The fraction of sp³-hybridized carbons (Fsp3) is 0.700. The fourth-order valence-electron chi connectivity index (χ4n) is 2.24. The summed E-state index contributed by atoms with van der Waals surface area (Å²) in [6.07, 6.45) is 0. The van der Waals surface area contributed by atoms with Crippen LogP contribution in [0.3, 0.4) is 0 Å². The number of piperazine rings is 1. The largest absolute Gasteiger partial charge is 0.335 e. The quantitative estimate of drug-likeness (QED) is 0.753. The van der Waals surface area contributed by atoms with E-state index in [9.17, 15) is 4.79 Å². The van der Waals surface area contributed by atoms with E-state index in [-0.39, 0.29) is 5.91 Å². The van der Waals surface area contributed by atoms with E-state index in [1.807, 2.05) is 4.90 Å². The number of carbonyl (C=O) groups is 1. The first-order valence-corrected chi connectivity index (χ1v) is 6.69. The van der Waals surface area contributed by atoms with Gasteiger partial charge in [0.2, 0.25) is 0 Å². The van der Waals surface area contributed by atoms with E-state index in [0.717, 1.165) is 39.3 Å². The molecule has 0 aliphatic carbocycles. The summed E-state index contributed by atoms with van der Waals surface area (Å²) in [5, 5.41) is 8.82. The SMILES string of the molecule is O=C(c1csnn1)N1CCN(C2CNC2)CC1. The van der Waals surface area contributed by atoms with Gasteiger partial charge in [-0.1, -0.05) is 4.49 Å². The molecule has 3 heterocycles. The van der Waals surface area contributed by atoms with E-state index in [1.54, 1.807) is 5.38 Å². The van der Waals surface area contributed by atoms with E-state index < -0.39 is 0 Å². The zero-order valence-corrected chi connectivity index (χ0v) is 10.3. The average molecular weight is 253 g/mol. The molecule has 2 aliphatic heterocycles. The van der Waals surface area contributed by atoms with Crippen LogP contribution in [0.4, 0.5) is 0 Å². The van der Waals surface area contributed by atoms with Crippen molar-refractivity contribution in [2.45, 2.75) is 6.04 Å². The summed E-state index contributed by atoms with van der Waals surface area (Å²) in [7, 11) is 0. The van der Waals surface area contributed by atoms with Crippen molar-refractivity contribution in [3.8, 4) is 0 Å². The molecule has 2 saturated heterocycles. The molecule has 0 unspecified atom stereocenters. The lowest BCUT2D eigenvalue weighted by Gasteiger charge is -2.43. The van der Waals surface area contributed by atoms with Gasteiger partial charge < -0.3 is 10.2 Å². The highest BCUT2D eigenvalue weighted by Crippen LogP contribution is 2.12. The molecule has 1 N–H and O–H groups in total. The van der Waals surface area contributed by atoms with Crippen LogP contribution in [-0.4, -0.2) is 70.6 Å². The highest BCUT2D eigenvalue weighted by atomic mass is 32.1. The molecule has 6 nitrogen and oxygen atoms in total. The van der Waals surface area contributed by atoms with Crippen LogP contribution in [0, 0.1) is 0 Å². The number of hydrogen-bond donors (Lipinski definition) is 1. The molecule has 7 heteroatoms. The van der Waals surface area contributed by atoms with Crippen molar-refractivity contribution in [2.24, 2.45) is 0 Å². The lowest BCUT2D eigenvalue weighted by Crippen LogP contribution is -2.62. The average Bonchev–Trinajstić information content (AvgIpc) is 2.80. The zero-order valence-electron chi connectivity index (χ0n) is 9.50. The van der Waals surface area contributed by atoms with Crippen LogP contribution in [0.5, 0.6) is 0 Å². The molecule has 1 aromatic rings. The summed E-state index contributed by atoms with van der Waals surface area (Å²) in [5.74, 6) is 0.0186. The van der Waals surface area contributed by atoms with Gasteiger partial charge in [0, 0.05) is 50.7 Å². The first-order chi connectivity index (χ1) is 8.34. The Morgan fingerprint density at radius 2 is 2.12 bits per heavy atom. The highest BCUT2D eigenvalue weighted by Gasteiger charge is 2.29. The Hall–Kier alpha value is -1.05. The standard InChI is InChI=1S/C10H15N5OS/c16-10(9-7-17-13-12-9)15-3-1-14(2-4-15)8-5-11-6-8/h7-8,11H,1-6H2. The van der Waals surface area contributed by atoms with Crippen LogP contribution < -0.4 is 5.32 Å². The van der Waals surface area contributed by atoms with Crippen LogP contribution in [0.15, 0.2) is 5.38 Å². The molecule has 92 valence electrons. The normalized spacial score (nSPS) is 22.5. The fourth-order valence-corrected chi connectivity index (χ4v) is 2.67. The molecule has 2 aliphatic rings. The molecule has 0 spiro atoms. The summed E-state index contributed by atoms with van der Waals surface area (Å²) in [6.45, 7) is 5.71. The van der Waals surface area contributed by atoms with Crippen molar-refractivity contribution in [3.05, 3.63) is 11.1 Å². The second kappa shape index (κ2) is 4.67. The Kier molecular flexibility index (Phi) is 3.04. The Labute approximate surface area is 104 Å². The second-order valence-corrected chi connectivity index (χ2v) is 5.04. The number of hydrogen-bond acceptors (Lipinski definition) is 6. The predicted molar refractivity (Wildman–Crippen MR) is 64.0 cm³/mol. The van der Waals surface area contributed by atoms with Crippen LogP contribution >= 0.6 is 11.5 Å². The third-order valence-corrected chi connectivity index (χ3v) is 3.96. The van der Waals surface area contributed by atoms with Crippen LogP contribution in [-0.2, 0) is 0 Å². The van der Waals surface area contributed by atoms with E-state index in [4.69, 9.17) is 0 Å². The summed E-state index contributed by atoms with van der Waals surface area (Å²) in [4.78, 5) is 16.4. The van der Waals surface area contributed by atoms with Gasteiger partial charge in [0.05, 0.1) is 0 Å². The Morgan fingerprint density at radius 1 is 1.35 bits per heavy atom. The van der Waals surface area contributed by atoms with E-state index in [0.29, 0.717) is 11.7 Å². The van der Waals surface area contributed by atoms with Crippen molar-refractivity contribution in [1.82, 2.24) is 24.7 Å². The number of amides is 1. The first-order valence-electron chi connectivity index (χ1n) is 5.86. The number of nitrogens with one attached hydrogen (secondary N) is 1. The van der Waals surface area contributed by atoms with Crippen molar-refractivity contribution in [3.63, 3.8) is 0 Å². The molecule has 3 rings (SSSR count). The monoisotopic (exact) mass is 253 g/mol. The highest BCUT2D eigenvalue weighted by molar-refractivity contribution is 7.03. The molecule has 1 amide bonds. The molecule has 0 aromatic carbocycles. The van der Waals surface area contributed by atoms with Crippen molar-refractivity contribution in [1.29, 1.82) is 0 Å². The van der Waals surface area contributed by atoms with E-state index >= 15 is 0 Å². The van der Waals surface area contributed by atoms with Gasteiger partial charge in [0.15, 0.2) is 5.69 Å². The molecular formula is C10H15N5OS. The minimum atomic E-state index is 0.0186. The second-order valence-electron chi connectivity index (χ2n) is 4.43. The van der Waals surface area contributed by atoms with Gasteiger partial charge in [-0.2, -0.15) is 0 Å². The summed E-state index contributed by atoms with van der Waals surface area (Å²) in [5.41, 5.74) is 0.480. The Bertz CT molecular complexity index is 383. The summed E-state index contributed by atoms with van der Waals surface area (Å²) < 4.78 is 3.73. The van der Waals surface area contributed by atoms with Gasteiger partial charge in [-0.25, -0.2) is 0 Å². The maximum Gasteiger partial charge on any atom is 0.275 e. The Balaban J connectivity index is 1.55. The Morgan fingerprint density at radius 3 is 2.65 bits per heavy atom. The minimum absolute atomic E-state index is 0.0186. The smallest absolute Gasteiger partial charge is 0.275 e. The van der Waals surface area contributed by atoms with E-state index in [1.165, 1.54) is 11.5 Å². The summed E-state index contributed by atoms with van der Waals surface area (Å²) in [6, 6.07) is 0.674. The number of rotatable bonds is 2. The van der Waals surface area contributed by atoms with Gasteiger partial charge >= 0.3 is 0 Å². The van der Waals surface area contributed by atoms with Crippen molar-refractivity contribution >= 4 is 17.4 Å². The minimum Gasteiger partial charge on any atom is -0.335 e. The lowest BCUT2D eigenvalue weighted by molar-refractivity contribution is 0.0497. The molecule has 0 bridgehead atoms. The maximum absolute atomic E-state index is 12.0. The topological polar surface area (TPSA) is 61.4 Å². The molecule has 17 heavy (non-hydrogen) atoms. The lowest BCUT2D eigenvalue weighted by atomic mass is 10.1. The van der Waals surface area contributed by atoms with Gasteiger partial charge in [-0.15, -0.1) is 5.10 Å². The van der Waals surface area contributed by atoms with Gasteiger partial charge in [0.25, 0.3) is 5.91 Å². The third kappa shape index (κ3) is 2.18. The first kappa shape index (κ1) is 11.1. The predicted octanol–water partition coefficient (Wildman–Crippen LogP) is -0.732. The summed E-state index contributed by atoms with van der Waals surface area (Å²) >= 11 is 1.22. The molecule has 2 fully saturated rings. The van der Waals surface area contributed by atoms with Crippen molar-refractivity contribution in [2.75, 3.05) is 39.3 Å². The van der Waals surface area contributed by atoms with Crippen LogP contribution in [0.25, 0.3) is 0 Å². The molecule has 1 aromatic heterocycles. The third-order valence-electron chi connectivity index (χ3n) is 3.46. The van der Waals surface area contributed by atoms with Gasteiger partial charge in [0.1, 0.15) is 0 Å². The number of carbonyl (C=O) groups excluding carboxylic acids is 1. The van der Waals surface area contributed by atoms with Crippen LogP contribution in [0.1, 0.15) is 10.5 Å². The van der Waals surface area contributed by atoms with E-state index in [2.05, 4.69) is 19.8 Å². The zero-order chi connectivity index (χ0) is 11.7. The molecule has 0 atom stereocenters. The van der Waals surface area contributed by atoms with Crippen molar-refractivity contribution < 1.29 is 4.79 Å². The molecule has 0 saturated carbocycles. The number of nitrogens with zero attached hydrogens (tertiary/aromatic N) is 4. The maximum atomic E-state index is 12.0. The molecular weight excluding hydrogens is 238 g/mol. The van der Waals surface area contributed by atoms with Gasteiger partial charge in [-0.05, 0) is 11.5 Å².